The average Bonchev–Trinajstić information content (AvgIpc) is 2.86. The summed E-state index contributed by atoms with van der Waals surface area (Å²) in [6.07, 6.45) is -0.289. The summed E-state index contributed by atoms with van der Waals surface area (Å²) < 4.78 is 11.1. The highest BCUT2D eigenvalue weighted by Crippen LogP contribution is 2.24. The van der Waals surface area contributed by atoms with Crippen molar-refractivity contribution >= 4 is 22.8 Å². The molecule has 2 aromatic rings. The number of hydrogen-bond acceptors (Lipinski definition) is 6. The van der Waals surface area contributed by atoms with Crippen molar-refractivity contribution in [2.45, 2.75) is 30.9 Å². The average molecular weight is 451 g/mol. The van der Waals surface area contributed by atoms with Crippen LogP contribution in [-0.2, 0) is 20.7 Å². The van der Waals surface area contributed by atoms with Gasteiger partial charge >= 0.3 is 6.09 Å². The standard InChI is InChI=1S/C25H30N4O4/c1-28-11-9-25(18-26,10-12-28)27-23(30)22(33-24(31)29-13-15-32-16-14-29)17-20-7-4-6-19-5-2-3-8-21(19)20/h2-8,22H,9-17H2,1H3,(H,27,30). The second-order valence-electron chi connectivity index (χ2n) is 8.80. The quantitative estimate of drug-likeness (QED) is 0.751. The zero-order valence-electron chi connectivity index (χ0n) is 19.0. The first-order valence-electron chi connectivity index (χ1n) is 11.4. The van der Waals surface area contributed by atoms with E-state index in [0.717, 1.165) is 29.4 Å². The summed E-state index contributed by atoms with van der Waals surface area (Å²) in [7, 11) is 2.00. The first kappa shape index (κ1) is 23.0. The second-order valence-corrected chi connectivity index (χ2v) is 8.80. The molecule has 0 saturated carbocycles. The molecule has 0 aliphatic carbocycles. The minimum Gasteiger partial charge on any atom is -0.436 e. The van der Waals surface area contributed by atoms with E-state index in [1.54, 1.807) is 4.90 Å². The Hall–Kier alpha value is -3.15. The molecule has 0 radical (unpaired) electrons. The third-order valence-electron chi connectivity index (χ3n) is 6.51. The maximum Gasteiger partial charge on any atom is 0.410 e. The third-order valence-corrected chi connectivity index (χ3v) is 6.51. The van der Waals surface area contributed by atoms with Crippen LogP contribution in [0.15, 0.2) is 42.5 Å². The van der Waals surface area contributed by atoms with E-state index in [-0.39, 0.29) is 6.42 Å². The highest BCUT2D eigenvalue weighted by atomic mass is 16.6. The molecule has 2 aliphatic rings. The summed E-state index contributed by atoms with van der Waals surface area (Å²) in [6, 6.07) is 16.1. The Balaban J connectivity index is 1.57. The van der Waals surface area contributed by atoms with Crippen molar-refractivity contribution in [3.05, 3.63) is 48.0 Å². The number of likely N-dealkylation sites (tertiary alicyclic amines) is 1. The third kappa shape index (κ3) is 5.44. The molecule has 2 saturated heterocycles. The van der Waals surface area contributed by atoms with Crippen LogP contribution < -0.4 is 5.32 Å². The van der Waals surface area contributed by atoms with E-state index in [2.05, 4.69) is 16.3 Å². The van der Waals surface area contributed by atoms with Gasteiger partial charge in [-0.3, -0.25) is 4.79 Å². The van der Waals surface area contributed by atoms with Gasteiger partial charge in [0.1, 0.15) is 5.54 Å². The Kier molecular flexibility index (Phi) is 7.11. The fourth-order valence-electron chi connectivity index (χ4n) is 4.38. The topological polar surface area (TPSA) is 94.9 Å². The van der Waals surface area contributed by atoms with Crippen LogP contribution >= 0.6 is 0 Å². The van der Waals surface area contributed by atoms with Crippen molar-refractivity contribution in [2.75, 3.05) is 46.4 Å². The number of rotatable bonds is 5. The van der Waals surface area contributed by atoms with Crippen molar-refractivity contribution in [1.82, 2.24) is 15.1 Å². The lowest BCUT2D eigenvalue weighted by Gasteiger charge is -2.37. The van der Waals surface area contributed by atoms with Crippen LogP contribution in [0.2, 0.25) is 0 Å². The van der Waals surface area contributed by atoms with E-state index in [9.17, 15) is 14.9 Å². The van der Waals surface area contributed by atoms with E-state index >= 15 is 0 Å². The first-order valence-corrected chi connectivity index (χ1v) is 11.4. The van der Waals surface area contributed by atoms with E-state index < -0.39 is 23.6 Å². The first-order chi connectivity index (χ1) is 16.0. The predicted molar refractivity (Wildman–Crippen MR) is 124 cm³/mol. The van der Waals surface area contributed by atoms with Crippen molar-refractivity contribution in [3.63, 3.8) is 0 Å². The van der Waals surface area contributed by atoms with Crippen LogP contribution in [0.1, 0.15) is 18.4 Å². The van der Waals surface area contributed by atoms with Gasteiger partial charge in [-0.15, -0.1) is 0 Å². The molecule has 2 aromatic carbocycles. The van der Waals surface area contributed by atoms with Gasteiger partial charge < -0.3 is 24.6 Å². The van der Waals surface area contributed by atoms with Crippen LogP contribution in [0.25, 0.3) is 10.8 Å². The van der Waals surface area contributed by atoms with Crippen LogP contribution in [0.3, 0.4) is 0 Å². The zero-order chi connectivity index (χ0) is 23.3. The molecule has 0 aromatic heterocycles. The Morgan fingerprint density at radius 3 is 2.55 bits per heavy atom. The number of morpholine rings is 1. The number of amides is 2. The SMILES string of the molecule is CN1CCC(C#N)(NC(=O)C(Cc2cccc3ccccc23)OC(=O)N2CCOCC2)CC1. The number of ether oxygens (including phenoxy) is 2. The number of carbonyl (C=O) groups excluding carboxylic acids is 2. The van der Waals surface area contributed by atoms with Crippen molar-refractivity contribution in [3.8, 4) is 6.07 Å². The van der Waals surface area contributed by atoms with Gasteiger partial charge in [0.2, 0.25) is 0 Å². The fourth-order valence-corrected chi connectivity index (χ4v) is 4.38. The minimum atomic E-state index is -1.05. The van der Waals surface area contributed by atoms with E-state index in [0.29, 0.717) is 39.1 Å². The van der Waals surface area contributed by atoms with Crippen molar-refractivity contribution in [2.24, 2.45) is 0 Å². The van der Waals surface area contributed by atoms with Crippen LogP contribution in [0.4, 0.5) is 4.79 Å². The molecule has 2 amide bonds. The van der Waals surface area contributed by atoms with Crippen molar-refractivity contribution < 1.29 is 19.1 Å². The fraction of sp³-hybridized carbons (Fsp3) is 0.480. The van der Waals surface area contributed by atoms with E-state index in [1.165, 1.54) is 0 Å². The van der Waals surface area contributed by atoms with Crippen molar-refractivity contribution in [1.29, 1.82) is 5.26 Å². The highest BCUT2D eigenvalue weighted by Gasteiger charge is 2.38. The number of piperidine rings is 1. The monoisotopic (exact) mass is 450 g/mol. The summed E-state index contributed by atoms with van der Waals surface area (Å²) in [6.45, 7) is 3.18. The summed E-state index contributed by atoms with van der Waals surface area (Å²) >= 11 is 0. The molecular weight excluding hydrogens is 420 g/mol. The van der Waals surface area contributed by atoms with Gasteiger partial charge in [-0.05, 0) is 36.2 Å². The molecule has 0 bridgehead atoms. The summed E-state index contributed by atoms with van der Waals surface area (Å²) in [5.41, 5.74) is -0.0381. The number of benzene rings is 2. The lowest BCUT2D eigenvalue weighted by atomic mass is 9.88. The number of carbonyl (C=O) groups is 2. The molecule has 1 N–H and O–H groups in total. The Bertz CT molecular complexity index is 1030. The highest BCUT2D eigenvalue weighted by molar-refractivity contribution is 5.88. The molecule has 4 rings (SSSR count). The largest absolute Gasteiger partial charge is 0.436 e. The molecule has 0 spiro atoms. The molecule has 174 valence electrons. The van der Waals surface area contributed by atoms with E-state index in [4.69, 9.17) is 9.47 Å². The smallest absolute Gasteiger partial charge is 0.410 e. The van der Waals surface area contributed by atoms with Gasteiger partial charge in [-0.25, -0.2) is 4.79 Å². The molecule has 1 atom stereocenters. The normalized spacial score (nSPS) is 19.5. The molecule has 33 heavy (non-hydrogen) atoms. The van der Waals surface area contributed by atoms with Crippen LogP contribution in [0.5, 0.6) is 0 Å². The number of hydrogen-bond donors (Lipinski definition) is 1. The lowest BCUT2D eigenvalue weighted by molar-refractivity contribution is -0.132. The number of nitrogens with one attached hydrogen (secondary N) is 1. The Morgan fingerprint density at radius 2 is 1.82 bits per heavy atom. The van der Waals surface area contributed by atoms with Gasteiger partial charge in [-0.1, -0.05) is 42.5 Å². The van der Waals surface area contributed by atoms with Gasteiger partial charge in [0, 0.05) is 32.6 Å². The number of nitrogens with zero attached hydrogens (tertiary/aromatic N) is 3. The Labute approximate surface area is 194 Å². The Morgan fingerprint density at radius 1 is 1.12 bits per heavy atom. The molecule has 2 fully saturated rings. The van der Waals surface area contributed by atoms with Gasteiger partial charge in [0.25, 0.3) is 5.91 Å². The zero-order valence-corrected chi connectivity index (χ0v) is 19.0. The van der Waals surface area contributed by atoms with E-state index in [1.807, 2.05) is 49.5 Å². The lowest BCUT2D eigenvalue weighted by Crippen LogP contribution is -2.57. The van der Waals surface area contributed by atoms with Gasteiger partial charge in [0.15, 0.2) is 6.10 Å². The van der Waals surface area contributed by atoms with Crippen LogP contribution in [-0.4, -0.2) is 79.9 Å². The predicted octanol–water partition coefficient (Wildman–Crippen LogP) is 2.32. The maximum absolute atomic E-state index is 13.4. The van der Waals surface area contributed by atoms with Crippen LogP contribution in [0, 0.1) is 11.3 Å². The summed E-state index contributed by atoms with van der Waals surface area (Å²) in [4.78, 5) is 30.0. The van der Waals surface area contributed by atoms with Gasteiger partial charge in [-0.2, -0.15) is 5.26 Å². The number of nitriles is 1. The summed E-state index contributed by atoms with van der Waals surface area (Å²) in [5, 5.41) is 14.9. The molecule has 2 aliphatic heterocycles. The molecule has 8 heteroatoms. The summed E-state index contributed by atoms with van der Waals surface area (Å²) in [5.74, 6) is -0.435. The van der Waals surface area contributed by atoms with Gasteiger partial charge in [0.05, 0.1) is 19.3 Å². The second kappa shape index (κ2) is 10.2. The number of fused-ring (bicyclic) bond motifs is 1. The molecule has 1 unspecified atom stereocenters. The maximum atomic E-state index is 13.4. The molecule has 2 heterocycles. The minimum absolute atomic E-state index is 0.227. The molecule has 8 nitrogen and oxygen atoms in total. The molecular formula is C25H30N4O4.